The Labute approximate surface area is 170 Å². The molecule has 30 heavy (non-hydrogen) atoms. The SMILES string of the molecule is O=C(O)c1cn(C2CC2)c2nc3cc(N4CC(NCCO)C4)c(F)cc3cc2c1=O. The van der Waals surface area contributed by atoms with Crippen molar-refractivity contribution in [1.82, 2.24) is 14.9 Å². The highest BCUT2D eigenvalue weighted by molar-refractivity contribution is 5.97. The molecule has 156 valence electrons. The van der Waals surface area contributed by atoms with Crippen molar-refractivity contribution in [2.24, 2.45) is 0 Å². The zero-order chi connectivity index (χ0) is 21.0. The number of fused-ring (bicyclic) bond motifs is 2. The summed E-state index contributed by atoms with van der Waals surface area (Å²) in [6.45, 7) is 1.82. The van der Waals surface area contributed by atoms with Gasteiger partial charge in [0, 0.05) is 43.3 Å². The highest BCUT2D eigenvalue weighted by atomic mass is 19.1. The molecule has 2 fully saturated rings. The largest absolute Gasteiger partial charge is 0.477 e. The molecule has 9 heteroatoms. The fraction of sp³-hybridized carbons (Fsp3) is 0.381. The van der Waals surface area contributed by atoms with E-state index >= 15 is 0 Å². The Hall–Kier alpha value is -3.04. The molecule has 3 N–H and O–H groups in total. The van der Waals surface area contributed by atoms with Crippen molar-refractivity contribution in [3.8, 4) is 0 Å². The van der Waals surface area contributed by atoms with Crippen LogP contribution in [0.25, 0.3) is 21.9 Å². The second-order valence-corrected chi connectivity index (χ2v) is 7.95. The summed E-state index contributed by atoms with van der Waals surface area (Å²) >= 11 is 0. The second-order valence-electron chi connectivity index (χ2n) is 7.95. The van der Waals surface area contributed by atoms with Gasteiger partial charge in [-0.2, -0.15) is 0 Å². The number of rotatable bonds is 6. The number of halogens is 1. The summed E-state index contributed by atoms with van der Waals surface area (Å²) in [6.07, 6.45) is 3.18. The fourth-order valence-electron chi connectivity index (χ4n) is 4.04. The first-order chi connectivity index (χ1) is 14.5. The number of aromatic carboxylic acids is 1. The molecule has 2 aliphatic rings. The number of anilines is 1. The van der Waals surface area contributed by atoms with E-state index in [9.17, 15) is 19.1 Å². The van der Waals surface area contributed by atoms with Crippen molar-refractivity contribution >= 4 is 33.6 Å². The zero-order valence-electron chi connectivity index (χ0n) is 16.1. The molecule has 3 heterocycles. The minimum absolute atomic E-state index is 0.0596. The van der Waals surface area contributed by atoms with E-state index in [0.29, 0.717) is 41.9 Å². The van der Waals surface area contributed by atoms with E-state index in [1.54, 1.807) is 16.7 Å². The summed E-state index contributed by atoms with van der Waals surface area (Å²) in [4.78, 5) is 30.7. The van der Waals surface area contributed by atoms with Gasteiger partial charge in [0.2, 0.25) is 5.43 Å². The number of aliphatic hydroxyl groups is 1. The van der Waals surface area contributed by atoms with Crippen molar-refractivity contribution in [2.45, 2.75) is 24.9 Å². The number of nitrogens with one attached hydrogen (secondary N) is 1. The Morgan fingerprint density at radius 1 is 1.27 bits per heavy atom. The summed E-state index contributed by atoms with van der Waals surface area (Å²) in [6, 6.07) is 4.90. The van der Waals surface area contributed by atoms with Crippen LogP contribution in [-0.4, -0.2) is 58.0 Å². The molecule has 5 rings (SSSR count). The first-order valence-electron chi connectivity index (χ1n) is 9.98. The average Bonchev–Trinajstić information content (AvgIpc) is 3.51. The lowest BCUT2D eigenvalue weighted by atomic mass is 10.1. The smallest absolute Gasteiger partial charge is 0.341 e. The Kier molecular flexibility index (Phi) is 4.44. The summed E-state index contributed by atoms with van der Waals surface area (Å²) in [7, 11) is 0. The van der Waals surface area contributed by atoms with Crippen molar-refractivity contribution < 1.29 is 19.4 Å². The molecular weight excluding hydrogens is 391 g/mol. The molecule has 2 aromatic heterocycles. The van der Waals surface area contributed by atoms with Crippen LogP contribution in [0.2, 0.25) is 0 Å². The molecule has 0 unspecified atom stereocenters. The molecule has 0 atom stereocenters. The first kappa shape index (κ1) is 19.0. The second kappa shape index (κ2) is 7.03. The van der Waals surface area contributed by atoms with Crippen LogP contribution in [0.4, 0.5) is 10.1 Å². The Morgan fingerprint density at radius 2 is 2.03 bits per heavy atom. The number of nitrogens with zero attached hydrogens (tertiary/aromatic N) is 3. The summed E-state index contributed by atoms with van der Waals surface area (Å²) < 4.78 is 16.6. The van der Waals surface area contributed by atoms with Crippen molar-refractivity contribution in [1.29, 1.82) is 0 Å². The van der Waals surface area contributed by atoms with Crippen LogP contribution < -0.4 is 15.6 Å². The van der Waals surface area contributed by atoms with Crippen LogP contribution in [0.15, 0.2) is 29.2 Å². The van der Waals surface area contributed by atoms with Gasteiger partial charge in [-0.1, -0.05) is 0 Å². The van der Waals surface area contributed by atoms with E-state index in [1.165, 1.54) is 12.3 Å². The van der Waals surface area contributed by atoms with Crippen LogP contribution in [0.5, 0.6) is 0 Å². The maximum absolute atomic E-state index is 14.8. The molecule has 1 aliphatic carbocycles. The standard InChI is InChI=1S/C21H21FN4O4/c22-16-6-11-5-14-19(28)15(21(29)30)10-26(13-1-2-13)20(14)24-17(11)7-18(16)25-8-12(9-25)23-3-4-27/h5-7,10,12-13,23,27H,1-4,8-9H2,(H,29,30). The van der Waals surface area contributed by atoms with Crippen LogP contribution in [0.1, 0.15) is 29.2 Å². The number of aromatic nitrogens is 2. The van der Waals surface area contributed by atoms with Crippen molar-refractivity contribution in [3.63, 3.8) is 0 Å². The number of carboxylic acid groups (broad SMARTS) is 1. The minimum Gasteiger partial charge on any atom is -0.477 e. The molecule has 0 spiro atoms. The molecule has 3 aromatic rings. The van der Waals surface area contributed by atoms with Gasteiger partial charge in [-0.3, -0.25) is 4.79 Å². The van der Waals surface area contributed by atoms with E-state index in [2.05, 4.69) is 10.3 Å². The number of aliphatic hydroxyl groups excluding tert-OH is 1. The molecule has 1 saturated heterocycles. The summed E-state index contributed by atoms with van der Waals surface area (Å²) in [5.41, 5.74) is 0.536. The Bertz CT molecular complexity index is 1230. The van der Waals surface area contributed by atoms with Crippen LogP contribution in [0.3, 0.4) is 0 Å². The molecule has 0 amide bonds. The highest BCUT2D eigenvalue weighted by Gasteiger charge is 2.30. The van der Waals surface area contributed by atoms with Gasteiger partial charge in [0.05, 0.1) is 23.2 Å². The predicted molar refractivity (Wildman–Crippen MR) is 110 cm³/mol. The molecule has 1 aliphatic heterocycles. The van der Waals surface area contributed by atoms with Gasteiger partial charge in [-0.25, -0.2) is 14.2 Å². The lowest BCUT2D eigenvalue weighted by Gasteiger charge is -2.41. The van der Waals surface area contributed by atoms with Crippen molar-refractivity contribution in [2.75, 3.05) is 31.1 Å². The van der Waals surface area contributed by atoms with E-state index in [1.807, 2.05) is 4.90 Å². The van der Waals surface area contributed by atoms with Crippen LogP contribution >= 0.6 is 0 Å². The topological polar surface area (TPSA) is 108 Å². The Balaban J connectivity index is 1.60. The van der Waals surface area contributed by atoms with Crippen LogP contribution in [-0.2, 0) is 0 Å². The molecule has 0 bridgehead atoms. The first-order valence-corrected chi connectivity index (χ1v) is 9.98. The average molecular weight is 412 g/mol. The van der Waals surface area contributed by atoms with Gasteiger partial charge >= 0.3 is 5.97 Å². The quantitative estimate of drug-likeness (QED) is 0.527. The van der Waals surface area contributed by atoms with Crippen LogP contribution in [0, 0.1) is 5.82 Å². The van der Waals surface area contributed by atoms with Gasteiger partial charge in [0.25, 0.3) is 0 Å². The summed E-state index contributed by atoms with van der Waals surface area (Å²) in [5, 5.41) is 22.1. The highest BCUT2D eigenvalue weighted by Crippen LogP contribution is 2.37. The normalized spacial score (nSPS) is 16.9. The van der Waals surface area contributed by atoms with E-state index in [0.717, 1.165) is 12.8 Å². The molecule has 0 radical (unpaired) electrons. The van der Waals surface area contributed by atoms with Gasteiger partial charge < -0.3 is 25.0 Å². The van der Waals surface area contributed by atoms with E-state index in [4.69, 9.17) is 5.11 Å². The number of carboxylic acids is 1. The molecular formula is C21H21FN4O4. The maximum atomic E-state index is 14.8. The predicted octanol–water partition coefficient (Wildman–Crippen LogP) is 1.49. The number of carbonyl (C=O) groups is 1. The third-order valence-electron chi connectivity index (χ3n) is 5.80. The summed E-state index contributed by atoms with van der Waals surface area (Å²) in [5.74, 6) is -1.69. The molecule has 1 aromatic carbocycles. The monoisotopic (exact) mass is 412 g/mol. The Morgan fingerprint density at radius 3 is 2.70 bits per heavy atom. The van der Waals surface area contributed by atoms with Gasteiger partial charge in [0.1, 0.15) is 17.0 Å². The van der Waals surface area contributed by atoms with E-state index in [-0.39, 0.29) is 29.6 Å². The zero-order valence-corrected chi connectivity index (χ0v) is 16.1. The van der Waals surface area contributed by atoms with Crippen molar-refractivity contribution in [3.05, 3.63) is 46.0 Å². The number of hydrogen-bond donors (Lipinski definition) is 3. The lowest BCUT2D eigenvalue weighted by molar-refractivity contribution is 0.0695. The van der Waals surface area contributed by atoms with Gasteiger partial charge in [0.15, 0.2) is 0 Å². The molecule has 8 nitrogen and oxygen atoms in total. The number of hydrogen-bond acceptors (Lipinski definition) is 6. The van der Waals surface area contributed by atoms with Gasteiger partial charge in [-0.05, 0) is 31.0 Å². The number of benzene rings is 1. The molecule has 1 saturated carbocycles. The third-order valence-corrected chi connectivity index (χ3v) is 5.80. The fourth-order valence-corrected chi connectivity index (χ4v) is 4.04. The minimum atomic E-state index is -1.28. The number of pyridine rings is 2. The third kappa shape index (κ3) is 3.10. The lowest BCUT2D eigenvalue weighted by Crippen LogP contribution is -2.58. The van der Waals surface area contributed by atoms with Gasteiger partial charge in [-0.15, -0.1) is 0 Å². The maximum Gasteiger partial charge on any atom is 0.341 e. The van der Waals surface area contributed by atoms with E-state index < -0.39 is 17.2 Å².